The minimum Gasteiger partial charge on any atom is -0.480 e. The normalized spacial score (nSPS) is 21.8. The molecule has 0 aromatic carbocycles. The molecule has 0 radical (unpaired) electrons. The first-order chi connectivity index (χ1) is 11.5. The number of likely N-dealkylation sites (N-methyl/N-ethyl adjacent to an activating group) is 1. The second-order valence-corrected chi connectivity index (χ2v) is 8.79. The van der Waals surface area contributed by atoms with E-state index in [1.165, 1.54) is 0 Å². The number of carbonyl (C=O) groups is 2. The number of urea groups is 1. The molecule has 0 bridgehead atoms. The van der Waals surface area contributed by atoms with E-state index in [0.717, 1.165) is 32.2 Å². The summed E-state index contributed by atoms with van der Waals surface area (Å²) in [5.41, 5.74) is 0.0227. The van der Waals surface area contributed by atoms with Crippen molar-refractivity contribution in [2.45, 2.75) is 85.4 Å². The maximum atomic E-state index is 12.3. The van der Waals surface area contributed by atoms with Crippen LogP contribution in [0.5, 0.6) is 0 Å². The molecule has 1 aliphatic rings. The van der Waals surface area contributed by atoms with Crippen molar-refractivity contribution in [3.63, 3.8) is 0 Å². The molecular weight excluding hydrogens is 318 g/mol. The number of nitrogens with one attached hydrogen (secondary N) is 2. The second kappa shape index (κ2) is 9.41. The lowest BCUT2D eigenvalue weighted by Gasteiger charge is -2.42. The second-order valence-electron chi connectivity index (χ2n) is 8.79. The van der Waals surface area contributed by atoms with Crippen molar-refractivity contribution in [3.05, 3.63) is 0 Å². The Morgan fingerprint density at radius 3 is 2.24 bits per heavy atom. The number of carboxylic acids is 1. The van der Waals surface area contributed by atoms with Crippen LogP contribution in [-0.2, 0) is 4.79 Å². The van der Waals surface area contributed by atoms with Crippen molar-refractivity contribution in [2.24, 2.45) is 11.3 Å². The highest BCUT2D eigenvalue weighted by Crippen LogP contribution is 2.27. The zero-order valence-electron chi connectivity index (χ0n) is 16.8. The summed E-state index contributed by atoms with van der Waals surface area (Å²) in [4.78, 5) is 25.2. The molecule has 1 unspecified atom stereocenters. The third-order valence-electron chi connectivity index (χ3n) is 5.09. The van der Waals surface area contributed by atoms with Crippen molar-refractivity contribution in [1.82, 2.24) is 15.5 Å². The maximum absolute atomic E-state index is 12.3. The number of hydrogen-bond acceptors (Lipinski definition) is 3. The van der Waals surface area contributed by atoms with Crippen LogP contribution >= 0.6 is 0 Å². The molecule has 0 aliphatic heterocycles. The van der Waals surface area contributed by atoms with Gasteiger partial charge in [-0.1, -0.05) is 41.5 Å². The van der Waals surface area contributed by atoms with Gasteiger partial charge in [-0.15, -0.1) is 0 Å². The quantitative estimate of drug-likeness (QED) is 0.594. The number of hydrogen-bond donors (Lipinski definition) is 3. The molecule has 25 heavy (non-hydrogen) atoms. The summed E-state index contributed by atoms with van der Waals surface area (Å²) in [6.07, 6.45) is 3.71. The summed E-state index contributed by atoms with van der Waals surface area (Å²) in [5, 5.41) is 15.1. The highest BCUT2D eigenvalue weighted by Gasteiger charge is 2.35. The zero-order valence-corrected chi connectivity index (χ0v) is 16.8. The smallest absolute Gasteiger partial charge is 0.317 e. The van der Waals surface area contributed by atoms with Gasteiger partial charge in [-0.3, -0.25) is 9.69 Å². The van der Waals surface area contributed by atoms with E-state index >= 15 is 0 Å². The van der Waals surface area contributed by atoms with E-state index in [1.807, 2.05) is 11.8 Å². The van der Waals surface area contributed by atoms with E-state index in [9.17, 15) is 9.59 Å². The molecule has 0 aromatic rings. The standard InChI is InChI=1S/C19H37N3O3/c1-7-22(12-17(23)24)15-10-14(11-15)20-18(25)21-16(19(4,5)6)9-8-13(2)3/h13-16H,7-12H2,1-6H3,(H,23,24)(H2,20,21,25). The fourth-order valence-corrected chi connectivity index (χ4v) is 3.28. The predicted molar refractivity (Wildman–Crippen MR) is 101 cm³/mol. The maximum Gasteiger partial charge on any atom is 0.317 e. The predicted octanol–water partition coefficient (Wildman–Crippen LogP) is 3.07. The van der Waals surface area contributed by atoms with E-state index < -0.39 is 5.97 Å². The van der Waals surface area contributed by atoms with Gasteiger partial charge >= 0.3 is 12.0 Å². The Labute approximate surface area is 152 Å². The third-order valence-corrected chi connectivity index (χ3v) is 5.09. The number of carbonyl (C=O) groups excluding carboxylic acids is 1. The van der Waals surface area contributed by atoms with Gasteiger partial charge in [0.15, 0.2) is 0 Å². The molecule has 1 fully saturated rings. The molecule has 1 aliphatic carbocycles. The number of rotatable bonds is 9. The van der Waals surface area contributed by atoms with E-state index in [4.69, 9.17) is 5.11 Å². The van der Waals surface area contributed by atoms with Crippen LogP contribution < -0.4 is 10.6 Å². The molecule has 0 heterocycles. The van der Waals surface area contributed by atoms with Crippen LogP contribution in [0.2, 0.25) is 0 Å². The van der Waals surface area contributed by atoms with Gasteiger partial charge in [-0.05, 0) is 43.6 Å². The summed E-state index contributed by atoms with van der Waals surface area (Å²) < 4.78 is 0. The summed E-state index contributed by atoms with van der Waals surface area (Å²) in [6.45, 7) is 13.6. The number of amides is 2. The lowest BCUT2D eigenvalue weighted by molar-refractivity contribution is -0.139. The largest absolute Gasteiger partial charge is 0.480 e. The van der Waals surface area contributed by atoms with Crippen LogP contribution in [-0.4, -0.2) is 53.2 Å². The van der Waals surface area contributed by atoms with Crippen LogP contribution in [0.3, 0.4) is 0 Å². The molecule has 0 saturated heterocycles. The summed E-state index contributed by atoms with van der Waals surface area (Å²) >= 11 is 0. The molecule has 0 spiro atoms. The molecule has 0 aromatic heterocycles. The Hall–Kier alpha value is -1.30. The molecular formula is C19H37N3O3. The Balaban J connectivity index is 2.42. The molecule has 1 atom stereocenters. The first-order valence-corrected chi connectivity index (χ1v) is 9.55. The van der Waals surface area contributed by atoms with Gasteiger partial charge in [0.1, 0.15) is 0 Å². The monoisotopic (exact) mass is 355 g/mol. The van der Waals surface area contributed by atoms with Crippen LogP contribution in [0, 0.1) is 11.3 Å². The SMILES string of the molecule is CCN(CC(=O)O)C1CC(NC(=O)NC(CCC(C)C)C(C)(C)C)C1. The number of aliphatic carboxylic acids is 1. The molecule has 3 N–H and O–H groups in total. The minimum absolute atomic E-state index is 0.0227. The third kappa shape index (κ3) is 7.63. The zero-order chi connectivity index (χ0) is 19.2. The highest BCUT2D eigenvalue weighted by molar-refractivity contribution is 5.74. The van der Waals surface area contributed by atoms with Gasteiger partial charge in [0.25, 0.3) is 0 Å². The highest BCUT2D eigenvalue weighted by atomic mass is 16.4. The lowest BCUT2D eigenvalue weighted by Crippen LogP contribution is -2.58. The summed E-state index contributed by atoms with van der Waals surface area (Å²) in [6, 6.07) is 0.433. The van der Waals surface area contributed by atoms with Gasteiger partial charge in [-0.25, -0.2) is 4.79 Å². The van der Waals surface area contributed by atoms with Gasteiger partial charge < -0.3 is 15.7 Å². The van der Waals surface area contributed by atoms with Crippen LogP contribution in [0.25, 0.3) is 0 Å². The van der Waals surface area contributed by atoms with Crippen LogP contribution in [0.15, 0.2) is 0 Å². The first-order valence-electron chi connectivity index (χ1n) is 9.55. The van der Waals surface area contributed by atoms with Crippen molar-refractivity contribution >= 4 is 12.0 Å². The average molecular weight is 356 g/mol. The fourth-order valence-electron chi connectivity index (χ4n) is 3.28. The first kappa shape index (κ1) is 21.7. The van der Waals surface area contributed by atoms with Gasteiger partial charge in [0.05, 0.1) is 6.54 Å². The van der Waals surface area contributed by atoms with E-state index in [0.29, 0.717) is 5.92 Å². The fraction of sp³-hybridized carbons (Fsp3) is 0.895. The molecule has 1 saturated carbocycles. The minimum atomic E-state index is -0.797. The summed E-state index contributed by atoms with van der Waals surface area (Å²) in [5.74, 6) is -0.175. The van der Waals surface area contributed by atoms with Crippen molar-refractivity contribution < 1.29 is 14.7 Å². The van der Waals surface area contributed by atoms with Gasteiger partial charge in [0, 0.05) is 18.1 Å². The van der Waals surface area contributed by atoms with Crippen LogP contribution in [0.4, 0.5) is 4.79 Å². The Morgan fingerprint density at radius 1 is 1.20 bits per heavy atom. The average Bonchev–Trinajstić information content (AvgIpc) is 2.43. The summed E-state index contributed by atoms with van der Waals surface area (Å²) in [7, 11) is 0. The van der Waals surface area contributed by atoms with Crippen molar-refractivity contribution in [1.29, 1.82) is 0 Å². The molecule has 2 amide bonds. The van der Waals surface area contributed by atoms with E-state index in [-0.39, 0.29) is 36.1 Å². The topological polar surface area (TPSA) is 81.7 Å². The Bertz CT molecular complexity index is 440. The Kier molecular flexibility index (Phi) is 8.19. The Morgan fingerprint density at radius 2 is 1.80 bits per heavy atom. The molecule has 6 heteroatoms. The molecule has 6 nitrogen and oxygen atoms in total. The molecule has 146 valence electrons. The van der Waals surface area contributed by atoms with Crippen LogP contribution in [0.1, 0.15) is 67.2 Å². The number of carboxylic acid groups (broad SMARTS) is 1. The van der Waals surface area contributed by atoms with E-state index in [1.54, 1.807) is 0 Å². The lowest BCUT2D eigenvalue weighted by atomic mass is 9.82. The van der Waals surface area contributed by atoms with Gasteiger partial charge in [-0.2, -0.15) is 0 Å². The van der Waals surface area contributed by atoms with E-state index in [2.05, 4.69) is 45.3 Å². The number of nitrogens with zero attached hydrogens (tertiary/aromatic N) is 1. The van der Waals surface area contributed by atoms with Crippen molar-refractivity contribution in [2.75, 3.05) is 13.1 Å². The molecule has 1 rings (SSSR count). The van der Waals surface area contributed by atoms with Crippen molar-refractivity contribution in [3.8, 4) is 0 Å². The van der Waals surface area contributed by atoms with Gasteiger partial charge in [0.2, 0.25) is 0 Å².